The topological polar surface area (TPSA) is 83.7 Å². The Morgan fingerprint density at radius 2 is 2.24 bits per heavy atom. The first-order chi connectivity index (χ1) is 9.97. The van der Waals surface area contributed by atoms with Gasteiger partial charge in [-0.25, -0.2) is 4.79 Å². The molecule has 1 saturated carbocycles. The zero-order valence-electron chi connectivity index (χ0n) is 11.9. The molecule has 1 aromatic carbocycles. The van der Waals surface area contributed by atoms with Gasteiger partial charge in [-0.2, -0.15) is 0 Å². The second-order valence-corrected chi connectivity index (χ2v) is 5.35. The van der Waals surface area contributed by atoms with Crippen LogP contribution < -0.4 is 4.90 Å². The summed E-state index contributed by atoms with van der Waals surface area (Å²) in [4.78, 5) is 23.1. The molecule has 0 saturated heterocycles. The molecule has 0 aliphatic heterocycles. The average molecular weight is 290 g/mol. The van der Waals surface area contributed by atoms with E-state index >= 15 is 0 Å². The fraction of sp³-hybridized carbons (Fsp3) is 0.400. The van der Waals surface area contributed by atoms with Crippen molar-refractivity contribution in [3.05, 3.63) is 40.0 Å². The molecule has 1 fully saturated rings. The molecule has 0 radical (unpaired) electrons. The van der Waals surface area contributed by atoms with Gasteiger partial charge >= 0.3 is 5.97 Å². The zero-order valence-corrected chi connectivity index (χ0v) is 11.9. The van der Waals surface area contributed by atoms with Gasteiger partial charge in [-0.05, 0) is 37.0 Å². The van der Waals surface area contributed by atoms with Gasteiger partial charge in [0.1, 0.15) is 0 Å². The number of carboxylic acids is 1. The van der Waals surface area contributed by atoms with Gasteiger partial charge in [-0.3, -0.25) is 10.1 Å². The molecule has 1 aliphatic rings. The van der Waals surface area contributed by atoms with Crippen LogP contribution in [0.4, 0.5) is 11.4 Å². The van der Waals surface area contributed by atoms with Gasteiger partial charge in [0.15, 0.2) is 0 Å². The van der Waals surface area contributed by atoms with Crippen molar-refractivity contribution in [3.8, 4) is 0 Å². The minimum Gasteiger partial charge on any atom is -0.478 e. The molecular weight excluding hydrogens is 272 g/mol. The van der Waals surface area contributed by atoms with Gasteiger partial charge in [-0.15, -0.1) is 0 Å². The lowest BCUT2D eigenvalue weighted by Crippen LogP contribution is -2.29. The first kappa shape index (κ1) is 15.0. The first-order valence-electron chi connectivity index (χ1n) is 6.88. The van der Waals surface area contributed by atoms with Crippen LogP contribution in [0.15, 0.2) is 24.3 Å². The van der Waals surface area contributed by atoms with E-state index in [9.17, 15) is 14.9 Å². The van der Waals surface area contributed by atoms with Crippen LogP contribution in [0.1, 0.15) is 24.8 Å². The van der Waals surface area contributed by atoms with E-state index in [-0.39, 0.29) is 5.69 Å². The second kappa shape index (κ2) is 6.39. The number of hydrogen-bond donors (Lipinski definition) is 1. The molecule has 6 nitrogen and oxygen atoms in total. The van der Waals surface area contributed by atoms with E-state index in [1.165, 1.54) is 31.4 Å². The number of nitrogens with zero attached hydrogens (tertiary/aromatic N) is 2. The monoisotopic (exact) mass is 290 g/mol. The number of aliphatic carboxylic acids is 1. The van der Waals surface area contributed by atoms with Gasteiger partial charge in [0.05, 0.1) is 10.5 Å². The lowest BCUT2D eigenvalue weighted by atomic mass is 9.85. The van der Waals surface area contributed by atoms with Gasteiger partial charge in [0, 0.05) is 31.4 Å². The number of rotatable bonds is 6. The minimum atomic E-state index is -1.13. The molecule has 0 aromatic heterocycles. The van der Waals surface area contributed by atoms with Crippen molar-refractivity contribution < 1.29 is 14.8 Å². The van der Waals surface area contributed by atoms with Crippen LogP contribution in [-0.4, -0.2) is 29.6 Å². The van der Waals surface area contributed by atoms with E-state index in [0.29, 0.717) is 11.5 Å². The zero-order chi connectivity index (χ0) is 15.4. The summed E-state index contributed by atoms with van der Waals surface area (Å²) in [6.07, 6.45) is 5.90. The second-order valence-electron chi connectivity index (χ2n) is 5.35. The van der Waals surface area contributed by atoms with Crippen LogP contribution in [0, 0.1) is 16.0 Å². The Morgan fingerprint density at radius 1 is 1.52 bits per heavy atom. The SMILES string of the molecule is CN(CC1CCC1)c1ccc([N+](=O)[O-])c(/C=C/C(=O)O)c1. The van der Waals surface area contributed by atoms with Crippen LogP contribution in [0.25, 0.3) is 6.08 Å². The Kier molecular flexibility index (Phi) is 4.57. The molecule has 1 aliphatic carbocycles. The first-order valence-corrected chi connectivity index (χ1v) is 6.88. The molecule has 2 rings (SSSR count). The number of benzene rings is 1. The summed E-state index contributed by atoms with van der Waals surface area (Å²) in [6, 6.07) is 4.79. The molecule has 0 amide bonds. The molecule has 21 heavy (non-hydrogen) atoms. The Labute approximate surface area is 122 Å². The number of nitro groups is 1. The van der Waals surface area contributed by atoms with E-state index < -0.39 is 10.9 Å². The van der Waals surface area contributed by atoms with Gasteiger partial charge in [0.2, 0.25) is 0 Å². The third kappa shape index (κ3) is 3.81. The smallest absolute Gasteiger partial charge is 0.328 e. The standard InChI is InChI=1S/C15H18N2O4/c1-16(10-11-3-2-4-11)13-6-7-14(17(20)21)12(9-13)5-8-15(18)19/h5-9,11H,2-4,10H2,1H3,(H,18,19)/b8-5+. The van der Waals surface area contributed by atoms with Crippen molar-refractivity contribution in [2.45, 2.75) is 19.3 Å². The van der Waals surface area contributed by atoms with Crippen LogP contribution >= 0.6 is 0 Å². The largest absolute Gasteiger partial charge is 0.478 e. The van der Waals surface area contributed by atoms with Crippen molar-refractivity contribution in [3.63, 3.8) is 0 Å². The Bertz CT molecular complexity index is 579. The van der Waals surface area contributed by atoms with Crippen LogP contribution in [0.5, 0.6) is 0 Å². The fourth-order valence-electron chi connectivity index (χ4n) is 2.41. The molecule has 0 heterocycles. The molecule has 6 heteroatoms. The molecule has 1 N–H and O–H groups in total. The van der Waals surface area contributed by atoms with Crippen LogP contribution in [0.3, 0.4) is 0 Å². The number of hydrogen-bond acceptors (Lipinski definition) is 4. The quantitative estimate of drug-likeness (QED) is 0.494. The maximum absolute atomic E-state index is 11.0. The number of carboxylic acid groups (broad SMARTS) is 1. The van der Waals surface area contributed by atoms with Crippen molar-refractivity contribution in [1.29, 1.82) is 0 Å². The minimum absolute atomic E-state index is 0.0895. The number of carbonyl (C=O) groups is 1. The predicted molar refractivity (Wildman–Crippen MR) is 80.4 cm³/mol. The highest BCUT2D eigenvalue weighted by molar-refractivity contribution is 5.86. The maximum atomic E-state index is 11.0. The lowest BCUT2D eigenvalue weighted by molar-refractivity contribution is -0.385. The molecule has 0 bridgehead atoms. The maximum Gasteiger partial charge on any atom is 0.328 e. The summed E-state index contributed by atoms with van der Waals surface area (Å²) in [7, 11) is 1.95. The average Bonchev–Trinajstić information content (AvgIpc) is 2.39. The number of nitro benzene ring substituents is 1. The Morgan fingerprint density at radius 3 is 2.76 bits per heavy atom. The normalized spacial score (nSPS) is 14.9. The van der Waals surface area contributed by atoms with Gasteiger partial charge in [0.25, 0.3) is 5.69 Å². The Balaban J connectivity index is 2.24. The van der Waals surface area contributed by atoms with E-state index in [0.717, 1.165) is 18.3 Å². The van der Waals surface area contributed by atoms with E-state index in [1.807, 2.05) is 7.05 Å². The fourth-order valence-corrected chi connectivity index (χ4v) is 2.41. The Hall–Kier alpha value is -2.37. The highest BCUT2D eigenvalue weighted by Crippen LogP contribution is 2.30. The van der Waals surface area contributed by atoms with Crippen molar-refractivity contribution in [2.24, 2.45) is 5.92 Å². The highest BCUT2D eigenvalue weighted by Gasteiger charge is 2.20. The molecule has 0 spiro atoms. The highest BCUT2D eigenvalue weighted by atomic mass is 16.6. The van der Waals surface area contributed by atoms with E-state index in [4.69, 9.17) is 5.11 Å². The summed E-state index contributed by atoms with van der Waals surface area (Å²) in [5, 5.41) is 19.7. The van der Waals surface area contributed by atoms with Crippen molar-refractivity contribution in [2.75, 3.05) is 18.5 Å². The summed E-state index contributed by atoms with van der Waals surface area (Å²) in [5.41, 5.74) is 1.08. The van der Waals surface area contributed by atoms with Crippen LogP contribution in [0.2, 0.25) is 0 Å². The lowest BCUT2D eigenvalue weighted by Gasteiger charge is -2.31. The summed E-state index contributed by atoms with van der Waals surface area (Å²) < 4.78 is 0. The van der Waals surface area contributed by atoms with E-state index in [1.54, 1.807) is 12.1 Å². The van der Waals surface area contributed by atoms with Gasteiger partial charge < -0.3 is 10.0 Å². The predicted octanol–water partition coefficient (Wildman–Crippen LogP) is 2.93. The van der Waals surface area contributed by atoms with Gasteiger partial charge in [-0.1, -0.05) is 6.42 Å². The molecule has 0 unspecified atom stereocenters. The number of anilines is 1. The summed E-state index contributed by atoms with van der Waals surface area (Å²) in [5.74, 6) is -0.444. The molecule has 0 atom stereocenters. The third-order valence-corrected chi connectivity index (χ3v) is 3.81. The molecule has 1 aromatic rings. The van der Waals surface area contributed by atoms with Crippen LogP contribution in [-0.2, 0) is 4.79 Å². The van der Waals surface area contributed by atoms with Crippen molar-refractivity contribution >= 4 is 23.4 Å². The summed E-state index contributed by atoms with van der Waals surface area (Å²) >= 11 is 0. The van der Waals surface area contributed by atoms with Crippen molar-refractivity contribution in [1.82, 2.24) is 0 Å². The third-order valence-electron chi connectivity index (χ3n) is 3.81. The summed E-state index contributed by atoms with van der Waals surface area (Å²) in [6.45, 7) is 0.917. The molecule has 112 valence electrons. The molecular formula is C15H18N2O4. The van der Waals surface area contributed by atoms with E-state index in [2.05, 4.69) is 4.90 Å².